The Hall–Kier alpha value is -2.21. The van der Waals surface area contributed by atoms with E-state index >= 15 is 0 Å². The van der Waals surface area contributed by atoms with Crippen LogP contribution in [0.4, 0.5) is 11.8 Å². The number of aryl methyl sites for hydroxylation is 1. The maximum absolute atomic E-state index is 5.76. The molecule has 1 fully saturated rings. The summed E-state index contributed by atoms with van der Waals surface area (Å²) in [6, 6.07) is 6.06. The molecular weight excluding hydrogens is 300 g/mol. The van der Waals surface area contributed by atoms with Gasteiger partial charge < -0.3 is 10.6 Å². The Morgan fingerprint density at radius 1 is 1.12 bits per heavy atom. The number of hydrogen-bond acceptors (Lipinski definition) is 6. The van der Waals surface area contributed by atoms with E-state index in [1.165, 1.54) is 5.56 Å². The first-order chi connectivity index (χ1) is 11.5. The Bertz CT molecular complexity index is 692. The summed E-state index contributed by atoms with van der Waals surface area (Å²) in [5.74, 6) is 1.87. The van der Waals surface area contributed by atoms with Crippen LogP contribution in [0.25, 0.3) is 0 Å². The van der Waals surface area contributed by atoms with E-state index in [9.17, 15) is 0 Å². The molecule has 6 nitrogen and oxygen atoms in total. The fourth-order valence-electron chi connectivity index (χ4n) is 2.97. The molecule has 1 aliphatic rings. The van der Waals surface area contributed by atoms with Crippen molar-refractivity contribution < 1.29 is 0 Å². The first-order valence-corrected chi connectivity index (χ1v) is 8.54. The largest absolute Gasteiger partial charge is 0.384 e. The maximum Gasteiger partial charge on any atom is 0.225 e. The zero-order chi connectivity index (χ0) is 17.1. The van der Waals surface area contributed by atoms with Crippen molar-refractivity contribution in [1.82, 2.24) is 19.9 Å². The molecule has 2 aromatic rings. The van der Waals surface area contributed by atoms with Gasteiger partial charge in [-0.3, -0.25) is 4.90 Å². The van der Waals surface area contributed by atoms with Gasteiger partial charge in [-0.2, -0.15) is 0 Å². The van der Waals surface area contributed by atoms with E-state index in [1.807, 2.05) is 19.1 Å². The average molecular weight is 326 g/mol. The highest BCUT2D eigenvalue weighted by Crippen LogP contribution is 2.19. The quantitative estimate of drug-likeness (QED) is 0.929. The molecular formula is C18H26N6. The molecule has 0 amide bonds. The van der Waals surface area contributed by atoms with Crippen LogP contribution in [0.5, 0.6) is 0 Å². The molecule has 0 radical (unpaired) electrons. The molecule has 0 aromatic carbocycles. The normalized spacial score (nSPS) is 15.9. The molecule has 0 saturated carbocycles. The van der Waals surface area contributed by atoms with Crippen molar-refractivity contribution in [3.8, 4) is 0 Å². The monoisotopic (exact) mass is 326 g/mol. The summed E-state index contributed by atoms with van der Waals surface area (Å²) >= 11 is 0. The van der Waals surface area contributed by atoms with Crippen LogP contribution >= 0.6 is 0 Å². The lowest BCUT2D eigenvalue weighted by atomic mass is 10.1. The van der Waals surface area contributed by atoms with Gasteiger partial charge in [0.1, 0.15) is 5.82 Å². The Labute approximate surface area is 143 Å². The Balaban J connectivity index is 1.63. The minimum atomic E-state index is 0.420. The smallest absolute Gasteiger partial charge is 0.225 e. The predicted octanol–water partition coefficient (Wildman–Crippen LogP) is 2.21. The Morgan fingerprint density at radius 3 is 2.54 bits per heavy atom. The van der Waals surface area contributed by atoms with Crippen LogP contribution in [0.1, 0.15) is 36.7 Å². The maximum atomic E-state index is 5.76. The fraction of sp³-hybridized carbons (Fsp3) is 0.500. The van der Waals surface area contributed by atoms with E-state index in [4.69, 9.17) is 10.7 Å². The van der Waals surface area contributed by atoms with Crippen molar-refractivity contribution in [2.75, 3.05) is 36.8 Å². The SMILES string of the molecule is Cc1cc(C(C)C)nc(N2CCN(Cc3ccnc(N)c3)CC2)n1. The number of anilines is 2. The third-order valence-electron chi connectivity index (χ3n) is 4.36. The summed E-state index contributed by atoms with van der Waals surface area (Å²) in [4.78, 5) is 18.2. The van der Waals surface area contributed by atoms with Crippen molar-refractivity contribution in [2.45, 2.75) is 33.2 Å². The molecule has 24 heavy (non-hydrogen) atoms. The molecule has 3 heterocycles. The highest BCUT2D eigenvalue weighted by Gasteiger charge is 2.20. The second kappa shape index (κ2) is 7.13. The summed E-state index contributed by atoms with van der Waals surface area (Å²) in [6.07, 6.45) is 1.77. The number of nitrogen functional groups attached to an aromatic ring is 1. The van der Waals surface area contributed by atoms with Crippen molar-refractivity contribution >= 4 is 11.8 Å². The molecule has 0 spiro atoms. The highest BCUT2D eigenvalue weighted by molar-refractivity contribution is 5.34. The molecule has 0 unspecified atom stereocenters. The van der Waals surface area contributed by atoms with E-state index in [0.29, 0.717) is 11.7 Å². The van der Waals surface area contributed by atoms with Gasteiger partial charge in [-0.1, -0.05) is 13.8 Å². The van der Waals surface area contributed by atoms with Gasteiger partial charge >= 0.3 is 0 Å². The lowest BCUT2D eigenvalue weighted by molar-refractivity contribution is 0.248. The Morgan fingerprint density at radius 2 is 1.88 bits per heavy atom. The molecule has 0 aliphatic carbocycles. The molecule has 128 valence electrons. The number of pyridine rings is 1. The van der Waals surface area contributed by atoms with Gasteiger partial charge in [0.15, 0.2) is 0 Å². The summed E-state index contributed by atoms with van der Waals surface area (Å²) in [7, 11) is 0. The first kappa shape index (κ1) is 16.6. The van der Waals surface area contributed by atoms with Gasteiger partial charge in [0.25, 0.3) is 0 Å². The standard InChI is InChI=1S/C18H26N6/c1-13(2)16-10-14(3)21-18(22-16)24-8-6-23(7-9-24)12-15-4-5-20-17(19)11-15/h4-5,10-11,13H,6-9,12H2,1-3H3,(H2,19,20). The van der Waals surface area contributed by atoms with Crippen LogP contribution in [0.3, 0.4) is 0 Å². The minimum absolute atomic E-state index is 0.420. The number of piperazine rings is 1. The second-order valence-corrected chi connectivity index (χ2v) is 6.74. The van der Waals surface area contributed by atoms with E-state index in [-0.39, 0.29) is 0 Å². The minimum Gasteiger partial charge on any atom is -0.384 e. The van der Waals surface area contributed by atoms with Crippen molar-refractivity contribution in [2.24, 2.45) is 0 Å². The van der Waals surface area contributed by atoms with Crippen LogP contribution in [0.2, 0.25) is 0 Å². The molecule has 6 heteroatoms. The van der Waals surface area contributed by atoms with Gasteiger partial charge in [0.2, 0.25) is 5.95 Å². The van der Waals surface area contributed by atoms with Crippen molar-refractivity contribution in [3.63, 3.8) is 0 Å². The third kappa shape index (κ3) is 4.00. The van der Waals surface area contributed by atoms with Crippen LogP contribution < -0.4 is 10.6 Å². The van der Waals surface area contributed by atoms with Crippen molar-refractivity contribution in [1.29, 1.82) is 0 Å². The van der Waals surface area contributed by atoms with E-state index < -0.39 is 0 Å². The number of aromatic nitrogens is 3. The van der Waals surface area contributed by atoms with Gasteiger partial charge in [0, 0.05) is 50.3 Å². The molecule has 0 bridgehead atoms. The van der Waals surface area contributed by atoms with Crippen LogP contribution in [-0.2, 0) is 6.54 Å². The van der Waals surface area contributed by atoms with E-state index in [0.717, 1.165) is 50.1 Å². The summed E-state index contributed by atoms with van der Waals surface area (Å²) in [5.41, 5.74) is 9.13. The first-order valence-electron chi connectivity index (χ1n) is 8.54. The second-order valence-electron chi connectivity index (χ2n) is 6.74. The lowest BCUT2D eigenvalue weighted by Crippen LogP contribution is -2.46. The highest BCUT2D eigenvalue weighted by atomic mass is 15.3. The van der Waals surface area contributed by atoms with Crippen LogP contribution in [0, 0.1) is 6.92 Å². The topological polar surface area (TPSA) is 71.2 Å². The Kier molecular flexibility index (Phi) is 4.94. The molecule has 2 aromatic heterocycles. The van der Waals surface area contributed by atoms with Crippen molar-refractivity contribution in [3.05, 3.63) is 41.3 Å². The zero-order valence-electron chi connectivity index (χ0n) is 14.7. The molecule has 1 saturated heterocycles. The lowest BCUT2D eigenvalue weighted by Gasteiger charge is -2.35. The van der Waals surface area contributed by atoms with Gasteiger partial charge in [-0.25, -0.2) is 15.0 Å². The number of nitrogens with two attached hydrogens (primary N) is 1. The molecule has 0 atom stereocenters. The zero-order valence-corrected chi connectivity index (χ0v) is 14.7. The number of hydrogen-bond donors (Lipinski definition) is 1. The number of rotatable bonds is 4. The third-order valence-corrected chi connectivity index (χ3v) is 4.36. The van der Waals surface area contributed by atoms with Gasteiger partial charge in [-0.05, 0) is 36.6 Å². The molecule has 1 aliphatic heterocycles. The summed E-state index contributed by atoms with van der Waals surface area (Å²) < 4.78 is 0. The van der Waals surface area contributed by atoms with Gasteiger partial charge in [-0.15, -0.1) is 0 Å². The summed E-state index contributed by atoms with van der Waals surface area (Å²) in [5, 5.41) is 0. The summed E-state index contributed by atoms with van der Waals surface area (Å²) in [6.45, 7) is 11.2. The fourth-order valence-corrected chi connectivity index (χ4v) is 2.97. The van der Waals surface area contributed by atoms with Gasteiger partial charge in [0.05, 0.1) is 0 Å². The average Bonchev–Trinajstić information content (AvgIpc) is 2.55. The van der Waals surface area contributed by atoms with Crippen LogP contribution in [0.15, 0.2) is 24.4 Å². The predicted molar refractivity (Wildman–Crippen MR) is 97.0 cm³/mol. The molecule has 2 N–H and O–H groups in total. The van der Waals surface area contributed by atoms with Crippen LogP contribution in [-0.4, -0.2) is 46.0 Å². The van der Waals surface area contributed by atoms with E-state index in [1.54, 1.807) is 6.20 Å². The number of nitrogens with zero attached hydrogens (tertiary/aromatic N) is 5. The van der Waals surface area contributed by atoms with E-state index in [2.05, 4.69) is 39.7 Å². The molecule has 3 rings (SSSR count).